The molecule has 1 saturated carbocycles. The molecule has 0 amide bonds. The predicted octanol–water partition coefficient (Wildman–Crippen LogP) is 0.950. The number of pyridine rings is 1. The summed E-state index contributed by atoms with van der Waals surface area (Å²) in [4.78, 5) is 14.3. The molecule has 0 aromatic carbocycles. The lowest BCUT2D eigenvalue weighted by Crippen LogP contribution is -2.02. The average molecular weight is 177 g/mol. The molecule has 3 atom stereocenters. The van der Waals surface area contributed by atoms with Crippen LogP contribution in [0.15, 0.2) is 24.5 Å². The van der Waals surface area contributed by atoms with Crippen molar-refractivity contribution in [2.24, 2.45) is 11.8 Å². The molecule has 1 N–H and O–H groups in total. The van der Waals surface area contributed by atoms with Gasteiger partial charge in [0.2, 0.25) is 0 Å². The molecular weight excluding hydrogens is 166 g/mol. The second-order valence-corrected chi connectivity index (χ2v) is 3.43. The van der Waals surface area contributed by atoms with Gasteiger partial charge in [-0.25, -0.2) is 0 Å². The van der Waals surface area contributed by atoms with Crippen LogP contribution in [0.2, 0.25) is 0 Å². The number of aliphatic hydroxyl groups excluding tert-OH is 1. The van der Waals surface area contributed by atoms with Gasteiger partial charge < -0.3 is 9.90 Å². The minimum Gasteiger partial charge on any atom is -0.388 e. The molecule has 0 spiro atoms. The van der Waals surface area contributed by atoms with E-state index >= 15 is 0 Å². The van der Waals surface area contributed by atoms with Crippen LogP contribution in [0.25, 0.3) is 0 Å². The monoisotopic (exact) mass is 177 g/mol. The maximum absolute atomic E-state index is 10.4. The van der Waals surface area contributed by atoms with Crippen molar-refractivity contribution < 1.29 is 9.90 Å². The van der Waals surface area contributed by atoms with E-state index in [-0.39, 0.29) is 11.8 Å². The van der Waals surface area contributed by atoms with Crippen molar-refractivity contribution in [3.63, 3.8) is 0 Å². The maximum atomic E-state index is 10.4. The van der Waals surface area contributed by atoms with Crippen molar-refractivity contribution >= 4 is 6.29 Å². The van der Waals surface area contributed by atoms with Gasteiger partial charge in [-0.1, -0.05) is 6.07 Å². The summed E-state index contributed by atoms with van der Waals surface area (Å²) in [5.41, 5.74) is 0.803. The van der Waals surface area contributed by atoms with Crippen molar-refractivity contribution in [2.45, 2.75) is 12.5 Å². The molecule has 1 unspecified atom stereocenters. The number of carbonyl (C=O) groups excluding carboxylic acids is 1. The lowest BCUT2D eigenvalue weighted by Gasteiger charge is -2.08. The second-order valence-electron chi connectivity index (χ2n) is 3.43. The lowest BCUT2D eigenvalue weighted by molar-refractivity contribution is -0.109. The summed E-state index contributed by atoms with van der Waals surface area (Å²) in [5, 5.41) is 9.76. The first-order valence-electron chi connectivity index (χ1n) is 4.36. The van der Waals surface area contributed by atoms with E-state index in [1.54, 1.807) is 18.5 Å². The Morgan fingerprint density at radius 3 is 3.08 bits per heavy atom. The van der Waals surface area contributed by atoms with E-state index in [0.717, 1.165) is 18.3 Å². The highest BCUT2D eigenvalue weighted by molar-refractivity contribution is 5.58. The van der Waals surface area contributed by atoms with E-state index < -0.39 is 6.10 Å². The van der Waals surface area contributed by atoms with Gasteiger partial charge in [0.25, 0.3) is 0 Å². The third kappa shape index (κ3) is 1.60. The highest BCUT2D eigenvalue weighted by atomic mass is 16.3. The van der Waals surface area contributed by atoms with Crippen molar-refractivity contribution in [1.82, 2.24) is 4.98 Å². The zero-order valence-corrected chi connectivity index (χ0v) is 7.13. The maximum Gasteiger partial charge on any atom is 0.123 e. The Hall–Kier alpha value is -1.22. The Morgan fingerprint density at radius 1 is 1.69 bits per heavy atom. The molecule has 1 aliphatic carbocycles. The zero-order chi connectivity index (χ0) is 9.26. The van der Waals surface area contributed by atoms with E-state index in [1.165, 1.54) is 0 Å². The minimum absolute atomic E-state index is 0.0511. The first-order valence-corrected chi connectivity index (χ1v) is 4.36. The quantitative estimate of drug-likeness (QED) is 0.699. The lowest BCUT2D eigenvalue weighted by atomic mass is 10.1. The third-order valence-corrected chi connectivity index (χ3v) is 2.50. The van der Waals surface area contributed by atoms with Gasteiger partial charge in [0.15, 0.2) is 0 Å². The smallest absolute Gasteiger partial charge is 0.123 e. The number of aromatic nitrogens is 1. The van der Waals surface area contributed by atoms with Crippen LogP contribution in [0, 0.1) is 11.8 Å². The molecule has 0 aliphatic heterocycles. The highest BCUT2D eigenvalue weighted by Crippen LogP contribution is 2.45. The van der Waals surface area contributed by atoms with E-state index in [0.29, 0.717) is 0 Å². The van der Waals surface area contributed by atoms with E-state index in [2.05, 4.69) is 4.98 Å². The fourth-order valence-corrected chi connectivity index (χ4v) is 1.55. The van der Waals surface area contributed by atoms with Crippen LogP contribution in [0.5, 0.6) is 0 Å². The first kappa shape index (κ1) is 8.38. The van der Waals surface area contributed by atoms with Crippen LogP contribution in [-0.2, 0) is 4.79 Å². The molecule has 0 saturated heterocycles. The van der Waals surface area contributed by atoms with Crippen molar-refractivity contribution in [3.05, 3.63) is 30.1 Å². The third-order valence-electron chi connectivity index (χ3n) is 2.50. The summed E-state index contributed by atoms with van der Waals surface area (Å²) in [6, 6.07) is 3.62. The standard InChI is InChI=1S/C10H11NO2/c12-6-8-4-9(8)10(13)7-2-1-3-11-5-7/h1-3,5-6,8-10,13H,4H2/t8-,9+,10?/m1/s1. The van der Waals surface area contributed by atoms with Crippen LogP contribution in [0.4, 0.5) is 0 Å². The summed E-state index contributed by atoms with van der Waals surface area (Å²) in [6.07, 6.45) is 4.51. The van der Waals surface area contributed by atoms with Gasteiger partial charge in [-0.2, -0.15) is 0 Å². The average Bonchev–Trinajstić information content (AvgIpc) is 2.97. The Balaban J connectivity index is 2.07. The molecule has 0 bridgehead atoms. The van der Waals surface area contributed by atoms with Gasteiger partial charge in [-0.3, -0.25) is 4.98 Å². The largest absolute Gasteiger partial charge is 0.388 e. The molecule has 0 radical (unpaired) electrons. The van der Waals surface area contributed by atoms with Crippen LogP contribution < -0.4 is 0 Å². The SMILES string of the molecule is O=C[C@H]1C[C@@H]1C(O)c1cccnc1. The topological polar surface area (TPSA) is 50.2 Å². The molecule has 3 nitrogen and oxygen atoms in total. The second kappa shape index (κ2) is 3.26. The fourth-order valence-electron chi connectivity index (χ4n) is 1.55. The van der Waals surface area contributed by atoms with Gasteiger partial charge in [0.1, 0.15) is 6.29 Å². The van der Waals surface area contributed by atoms with Gasteiger partial charge in [0, 0.05) is 18.3 Å². The molecular formula is C10H11NO2. The van der Waals surface area contributed by atoms with Crippen molar-refractivity contribution in [2.75, 3.05) is 0 Å². The molecule has 1 aromatic heterocycles. The predicted molar refractivity (Wildman–Crippen MR) is 46.9 cm³/mol. The summed E-state index contributed by atoms with van der Waals surface area (Å²) in [6.45, 7) is 0. The first-order chi connectivity index (χ1) is 6.33. The molecule has 68 valence electrons. The molecule has 2 rings (SSSR count). The molecule has 1 heterocycles. The molecule has 1 fully saturated rings. The Morgan fingerprint density at radius 2 is 2.54 bits per heavy atom. The summed E-state index contributed by atoms with van der Waals surface area (Å²) >= 11 is 0. The number of hydrogen-bond donors (Lipinski definition) is 1. The number of hydrogen-bond acceptors (Lipinski definition) is 3. The highest BCUT2D eigenvalue weighted by Gasteiger charge is 2.42. The molecule has 1 aliphatic rings. The Bertz CT molecular complexity index is 299. The van der Waals surface area contributed by atoms with E-state index in [4.69, 9.17) is 0 Å². The van der Waals surface area contributed by atoms with E-state index in [9.17, 15) is 9.90 Å². The Labute approximate surface area is 76.4 Å². The number of aldehydes is 1. The normalized spacial score (nSPS) is 28.1. The number of carbonyl (C=O) groups is 1. The number of rotatable bonds is 3. The molecule has 13 heavy (non-hydrogen) atoms. The number of nitrogens with zero attached hydrogens (tertiary/aromatic N) is 1. The van der Waals surface area contributed by atoms with Gasteiger partial charge >= 0.3 is 0 Å². The van der Waals surface area contributed by atoms with Crippen molar-refractivity contribution in [3.8, 4) is 0 Å². The van der Waals surface area contributed by atoms with Crippen LogP contribution in [0.1, 0.15) is 18.1 Å². The minimum atomic E-state index is -0.524. The van der Waals surface area contributed by atoms with Crippen LogP contribution in [0.3, 0.4) is 0 Å². The fraction of sp³-hybridized carbons (Fsp3) is 0.400. The van der Waals surface area contributed by atoms with Gasteiger partial charge in [-0.15, -0.1) is 0 Å². The summed E-state index contributed by atoms with van der Waals surface area (Å²) in [5.74, 6) is 0.164. The summed E-state index contributed by atoms with van der Waals surface area (Å²) in [7, 11) is 0. The zero-order valence-electron chi connectivity index (χ0n) is 7.13. The Kier molecular flexibility index (Phi) is 2.10. The summed E-state index contributed by atoms with van der Waals surface area (Å²) < 4.78 is 0. The van der Waals surface area contributed by atoms with Crippen LogP contribution >= 0.6 is 0 Å². The van der Waals surface area contributed by atoms with E-state index in [1.807, 2.05) is 6.07 Å². The van der Waals surface area contributed by atoms with Crippen molar-refractivity contribution in [1.29, 1.82) is 0 Å². The number of aliphatic hydroxyl groups is 1. The van der Waals surface area contributed by atoms with Gasteiger partial charge in [-0.05, 0) is 24.0 Å². The van der Waals surface area contributed by atoms with Crippen LogP contribution in [-0.4, -0.2) is 16.4 Å². The molecule has 3 heteroatoms. The van der Waals surface area contributed by atoms with Gasteiger partial charge in [0.05, 0.1) is 6.10 Å². The molecule has 1 aromatic rings.